The highest BCUT2D eigenvalue weighted by molar-refractivity contribution is 6.21. The maximum Gasteiger partial charge on any atom is 0.220 e. The third-order valence-corrected chi connectivity index (χ3v) is 3.57. The van der Waals surface area contributed by atoms with Gasteiger partial charge < -0.3 is 5.32 Å². The molecule has 0 aromatic rings. The van der Waals surface area contributed by atoms with Crippen molar-refractivity contribution < 1.29 is 4.79 Å². The molecule has 2 nitrogen and oxygen atoms in total. The first-order valence-corrected chi connectivity index (χ1v) is 5.94. The third-order valence-electron chi connectivity index (χ3n) is 2.92. The van der Waals surface area contributed by atoms with Crippen molar-refractivity contribution in [3.8, 4) is 0 Å². The summed E-state index contributed by atoms with van der Waals surface area (Å²) in [5.74, 6) is 1.23. The van der Waals surface area contributed by atoms with Gasteiger partial charge in [-0.3, -0.25) is 4.79 Å². The Morgan fingerprint density at radius 2 is 2.14 bits per heavy atom. The second kappa shape index (κ2) is 5.59. The van der Waals surface area contributed by atoms with Gasteiger partial charge in [0.05, 0.1) is 5.38 Å². The van der Waals surface area contributed by atoms with Crippen molar-refractivity contribution in [1.29, 1.82) is 0 Å². The molecule has 1 fully saturated rings. The molecule has 1 rings (SSSR count). The van der Waals surface area contributed by atoms with Crippen LogP contribution in [0.2, 0.25) is 0 Å². The Morgan fingerprint density at radius 3 is 2.57 bits per heavy atom. The van der Waals surface area contributed by atoms with E-state index in [1.54, 1.807) is 0 Å². The summed E-state index contributed by atoms with van der Waals surface area (Å²) in [6, 6.07) is 0. The Balaban J connectivity index is 2.07. The summed E-state index contributed by atoms with van der Waals surface area (Å²) in [4.78, 5) is 11.4. The van der Waals surface area contributed by atoms with E-state index in [9.17, 15) is 4.79 Å². The molecule has 1 saturated carbocycles. The number of nitrogens with one attached hydrogen (secondary N) is 1. The number of alkyl halides is 1. The maximum absolute atomic E-state index is 11.4. The SMILES string of the molecule is CC(C)C(Cl)CNC(=O)CC1CCC1. The minimum atomic E-state index is 0.0559. The van der Waals surface area contributed by atoms with Gasteiger partial charge in [-0.1, -0.05) is 20.3 Å². The summed E-state index contributed by atoms with van der Waals surface area (Å²) in [6.07, 6.45) is 4.44. The fourth-order valence-corrected chi connectivity index (χ4v) is 1.56. The van der Waals surface area contributed by atoms with Crippen molar-refractivity contribution in [3.05, 3.63) is 0 Å². The first-order valence-electron chi connectivity index (χ1n) is 5.50. The molecule has 1 N–H and O–H groups in total. The molecular weight excluding hydrogens is 198 g/mol. The number of rotatable bonds is 5. The Kier molecular flexibility index (Phi) is 4.73. The molecular formula is C11H20ClNO. The lowest BCUT2D eigenvalue weighted by molar-refractivity contribution is -0.122. The summed E-state index contributed by atoms with van der Waals surface area (Å²) < 4.78 is 0. The van der Waals surface area contributed by atoms with E-state index in [4.69, 9.17) is 11.6 Å². The maximum atomic E-state index is 11.4. The average Bonchev–Trinajstić information content (AvgIpc) is 2.07. The molecule has 1 unspecified atom stereocenters. The van der Waals surface area contributed by atoms with Gasteiger partial charge in [0, 0.05) is 13.0 Å². The lowest BCUT2D eigenvalue weighted by Gasteiger charge is -2.24. The highest BCUT2D eigenvalue weighted by atomic mass is 35.5. The highest BCUT2D eigenvalue weighted by Gasteiger charge is 2.20. The number of amides is 1. The van der Waals surface area contributed by atoms with Crippen LogP contribution in [-0.2, 0) is 4.79 Å². The Bertz CT molecular complexity index is 190. The van der Waals surface area contributed by atoms with Gasteiger partial charge in [-0.25, -0.2) is 0 Å². The average molecular weight is 218 g/mol. The highest BCUT2D eigenvalue weighted by Crippen LogP contribution is 2.29. The zero-order chi connectivity index (χ0) is 10.6. The van der Waals surface area contributed by atoms with Gasteiger partial charge >= 0.3 is 0 Å². The lowest BCUT2D eigenvalue weighted by atomic mass is 9.83. The van der Waals surface area contributed by atoms with Crippen LogP contribution in [0.3, 0.4) is 0 Å². The fourth-order valence-electron chi connectivity index (χ4n) is 1.48. The van der Waals surface area contributed by atoms with E-state index in [0.29, 0.717) is 24.8 Å². The quantitative estimate of drug-likeness (QED) is 0.705. The molecule has 1 aliphatic carbocycles. The summed E-state index contributed by atoms with van der Waals surface area (Å²) >= 11 is 6.03. The van der Waals surface area contributed by atoms with Crippen LogP contribution in [0.25, 0.3) is 0 Å². The normalized spacial score (nSPS) is 19.1. The van der Waals surface area contributed by atoms with Crippen LogP contribution in [0.4, 0.5) is 0 Å². The van der Waals surface area contributed by atoms with Gasteiger partial charge in [0.25, 0.3) is 0 Å². The monoisotopic (exact) mass is 217 g/mol. The van der Waals surface area contributed by atoms with Crippen molar-refractivity contribution in [1.82, 2.24) is 5.32 Å². The molecule has 82 valence electrons. The van der Waals surface area contributed by atoms with E-state index in [1.165, 1.54) is 19.3 Å². The Morgan fingerprint density at radius 1 is 1.50 bits per heavy atom. The molecule has 0 saturated heterocycles. The predicted octanol–water partition coefficient (Wildman–Crippen LogP) is 2.56. The summed E-state index contributed by atoms with van der Waals surface area (Å²) in [6.45, 7) is 4.73. The summed E-state index contributed by atoms with van der Waals surface area (Å²) in [7, 11) is 0. The molecule has 1 aliphatic rings. The predicted molar refractivity (Wildman–Crippen MR) is 59.4 cm³/mol. The molecule has 0 heterocycles. The standard InChI is InChI=1S/C11H20ClNO/c1-8(2)10(12)7-13-11(14)6-9-4-3-5-9/h8-10H,3-7H2,1-2H3,(H,13,14). The molecule has 0 aromatic heterocycles. The van der Waals surface area contributed by atoms with Crippen molar-refractivity contribution in [3.63, 3.8) is 0 Å². The first-order chi connectivity index (χ1) is 6.59. The minimum Gasteiger partial charge on any atom is -0.355 e. The molecule has 14 heavy (non-hydrogen) atoms. The topological polar surface area (TPSA) is 29.1 Å². The molecule has 0 aliphatic heterocycles. The van der Waals surface area contributed by atoms with E-state index >= 15 is 0 Å². The second-order valence-corrected chi connectivity index (χ2v) is 5.13. The van der Waals surface area contributed by atoms with Gasteiger partial charge in [-0.05, 0) is 24.7 Å². The van der Waals surface area contributed by atoms with Crippen molar-refractivity contribution in [2.75, 3.05) is 6.54 Å². The second-order valence-electron chi connectivity index (χ2n) is 4.57. The number of carbonyl (C=O) groups is 1. The molecule has 0 aromatic carbocycles. The Hall–Kier alpha value is -0.240. The van der Waals surface area contributed by atoms with Crippen LogP contribution in [0.5, 0.6) is 0 Å². The van der Waals surface area contributed by atoms with Crippen LogP contribution in [0, 0.1) is 11.8 Å². The van der Waals surface area contributed by atoms with Gasteiger partial charge in [-0.15, -0.1) is 11.6 Å². The lowest BCUT2D eigenvalue weighted by Crippen LogP contribution is -2.33. The van der Waals surface area contributed by atoms with E-state index in [2.05, 4.69) is 19.2 Å². The minimum absolute atomic E-state index is 0.0559. The van der Waals surface area contributed by atoms with Gasteiger partial charge in [0.2, 0.25) is 5.91 Å². The van der Waals surface area contributed by atoms with Crippen LogP contribution < -0.4 is 5.32 Å². The zero-order valence-corrected chi connectivity index (χ0v) is 9.81. The zero-order valence-electron chi connectivity index (χ0n) is 9.05. The molecule has 0 spiro atoms. The van der Waals surface area contributed by atoms with E-state index in [-0.39, 0.29) is 11.3 Å². The number of hydrogen-bond acceptors (Lipinski definition) is 1. The van der Waals surface area contributed by atoms with Crippen LogP contribution >= 0.6 is 11.6 Å². The molecule has 0 radical (unpaired) electrons. The number of halogens is 1. The summed E-state index contributed by atoms with van der Waals surface area (Å²) in [5, 5.41) is 2.95. The molecule has 3 heteroatoms. The molecule has 1 amide bonds. The summed E-state index contributed by atoms with van der Waals surface area (Å²) in [5.41, 5.74) is 0. The number of carbonyl (C=O) groups excluding carboxylic acids is 1. The van der Waals surface area contributed by atoms with E-state index in [1.807, 2.05) is 0 Å². The van der Waals surface area contributed by atoms with Gasteiger partial charge in [0.15, 0.2) is 0 Å². The largest absolute Gasteiger partial charge is 0.355 e. The third kappa shape index (κ3) is 3.87. The van der Waals surface area contributed by atoms with E-state index < -0.39 is 0 Å². The van der Waals surface area contributed by atoms with Crippen molar-refractivity contribution in [2.24, 2.45) is 11.8 Å². The first kappa shape index (κ1) is 11.8. The number of hydrogen-bond donors (Lipinski definition) is 1. The van der Waals surface area contributed by atoms with Crippen LogP contribution in [0.1, 0.15) is 39.5 Å². The van der Waals surface area contributed by atoms with Gasteiger partial charge in [0.1, 0.15) is 0 Å². The molecule has 0 bridgehead atoms. The van der Waals surface area contributed by atoms with Crippen LogP contribution in [0.15, 0.2) is 0 Å². The van der Waals surface area contributed by atoms with Crippen LogP contribution in [-0.4, -0.2) is 17.8 Å². The van der Waals surface area contributed by atoms with Crippen molar-refractivity contribution in [2.45, 2.75) is 44.9 Å². The Labute approximate surface area is 91.4 Å². The molecule has 1 atom stereocenters. The van der Waals surface area contributed by atoms with Crippen molar-refractivity contribution >= 4 is 17.5 Å². The smallest absolute Gasteiger partial charge is 0.220 e. The van der Waals surface area contributed by atoms with Gasteiger partial charge in [-0.2, -0.15) is 0 Å². The van der Waals surface area contributed by atoms with E-state index in [0.717, 1.165) is 0 Å². The fraction of sp³-hybridized carbons (Fsp3) is 0.909.